The van der Waals surface area contributed by atoms with Crippen LogP contribution in [0.4, 0.5) is 0 Å². The van der Waals surface area contributed by atoms with Gasteiger partial charge in [0.1, 0.15) is 0 Å². The summed E-state index contributed by atoms with van der Waals surface area (Å²) in [6.07, 6.45) is 8.12. The molecule has 4 atom stereocenters. The Morgan fingerprint density at radius 1 is 1.39 bits per heavy atom. The van der Waals surface area contributed by atoms with Crippen molar-refractivity contribution < 1.29 is 14.7 Å². The third kappa shape index (κ3) is 3.25. The lowest BCUT2D eigenvalue weighted by molar-refractivity contribution is -0.146. The smallest absolute Gasteiger partial charge is 0.307 e. The number of hydrogen-bond donors (Lipinski definition) is 2. The molecule has 4 heteroatoms. The van der Waals surface area contributed by atoms with Crippen LogP contribution in [-0.2, 0) is 9.59 Å². The standard InChI is InChI=1S/C14H21NO3/c1-4-9-7-11(12(8-9)14(17)18)13(16)15-10(5-2)6-3/h2,9-12H,4,6-8H2,1,3H3,(H,15,16)(H,17,18)/t9?,10?,11-,12+/m0/s1. The van der Waals surface area contributed by atoms with E-state index in [0.29, 0.717) is 25.2 Å². The van der Waals surface area contributed by atoms with E-state index in [9.17, 15) is 14.7 Å². The Kier molecular flexibility index (Phi) is 5.21. The normalized spacial score (nSPS) is 28.4. The molecule has 1 rings (SSSR count). The van der Waals surface area contributed by atoms with Crippen molar-refractivity contribution >= 4 is 11.9 Å². The van der Waals surface area contributed by atoms with Crippen molar-refractivity contribution in [2.24, 2.45) is 17.8 Å². The minimum absolute atomic E-state index is 0.205. The monoisotopic (exact) mass is 251 g/mol. The zero-order chi connectivity index (χ0) is 13.7. The lowest BCUT2D eigenvalue weighted by Gasteiger charge is -2.18. The van der Waals surface area contributed by atoms with E-state index in [0.717, 1.165) is 6.42 Å². The van der Waals surface area contributed by atoms with Crippen molar-refractivity contribution in [1.29, 1.82) is 0 Å². The van der Waals surface area contributed by atoms with Gasteiger partial charge in [0.2, 0.25) is 5.91 Å². The van der Waals surface area contributed by atoms with Crippen LogP contribution in [0.5, 0.6) is 0 Å². The molecule has 0 radical (unpaired) electrons. The Morgan fingerprint density at radius 2 is 2.00 bits per heavy atom. The first-order chi connectivity index (χ1) is 8.53. The number of carboxylic acid groups (broad SMARTS) is 1. The van der Waals surface area contributed by atoms with E-state index in [1.54, 1.807) is 0 Å². The highest BCUT2D eigenvalue weighted by molar-refractivity contribution is 5.85. The maximum absolute atomic E-state index is 12.1. The fourth-order valence-corrected chi connectivity index (χ4v) is 2.58. The number of amides is 1. The van der Waals surface area contributed by atoms with Crippen LogP contribution in [0.25, 0.3) is 0 Å². The molecular weight excluding hydrogens is 230 g/mol. The van der Waals surface area contributed by atoms with Crippen molar-refractivity contribution in [2.75, 3.05) is 0 Å². The van der Waals surface area contributed by atoms with Gasteiger partial charge in [-0.25, -0.2) is 0 Å². The second-order valence-electron chi connectivity index (χ2n) is 4.93. The predicted octanol–water partition coefficient (Wildman–Crippen LogP) is 1.65. The Balaban J connectivity index is 2.71. The van der Waals surface area contributed by atoms with Gasteiger partial charge in [-0.15, -0.1) is 6.42 Å². The van der Waals surface area contributed by atoms with Gasteiger partial charge in [-0.1, -0.05) is 26.2 Å². The number of carbonyl (C=O) groups excluding carboxylic acids is 1. The van der Waals surface area contributed by atoms with Crippen molar-refractivity contribution in [3.05, 3.63) is 0 Å². The van der Waals surface area contributed by atoms with Crippen molar-refractivity contribution in [1.82, 2.24) is 5.32 Å². The van der Waals surface area contributed by atoms with E-state index >= 15 is 0 Å². The molecule has 0 aliphatic heterocycles. The molecule has 0 bridgehead atoms. The molecule has 0 spiro atoms. The van der Waals surface area contributed by atoms with Crippen LogP contribution in [0.2, 0.25) is 0 Å². The molecule has 100 valence electrons. The fourth-order valence-electron chi connectivity index (χ4n) is 2.58. The third-order valence-electron chi connectivity index (χ3n) is 3.82. The molecule has 0 aromatic carbocycles. The molecule has 2 unspecified atom stereocenters. The van der Waals surface area contributed by atoms with Crippen LogP contribution in [0.15, 0.2) is 0 Å². The first-order valence-corrected chi connectivity index (χ1v) is 6.52. The van der Waals surface area contributed by atoms with Gasteiger partial charge < -0.3 is 10.4 Å². The molecule has 4 nitrogen and oxygen atoms in total. The summed E-state index contributed by atoms with van der Waals surface area (Å²) in [7, 11) is 0. The van der Waals surface area contributed by atoms with E-state index in [4.69, 9.17) is 6.42 Å². The highest BCUT2D eigenvalue weighted by atomic mass is 16.4. The highest BCUT2D eigenvalue weighted by Crippen LogP contribution is 2.38. The second-order valence-corrected chi connectivity index (χ2v) is 4.93. The average molecular weight is 251 g/mol. The molecule has 18 heavy (non-hydrogen) atoms. The predicted molar refractivity (Wildman–Crippen MR) is 68.7 cm³/mol. The van der Waals surface area contributed by atoms with Crippen LogP contribution in [0, 0.1) is 30.1 Å². The van der Waals surface area contributed by atoms with E-state index < -0.39 is 17.8 Å². The lowest BCUT2D eigenvalue weighted by Crippen LogP contribution is -2.40. The molecule has 1 aliphatic carbocycles. The summed E-state index contributed by atoms with van der Waals surface area (Å²) in [4.78, 5) is 23.3. The van der Waals surface area contributed by atoms with Gasteiger partial charge in [0.15, 0.2) is 0 Å². The summed E-state index contributed by atoms with van der Waals surface area (Å²) < 4.78 is 0. The Bertz CT molecular complexity index is 359. The number of nitrogens with one attached hydrogen (secondary N) is 1. The van der Waals surface area contributed by atoms with Crippen LogP contribution >= 0.6 is 0 Å². The highest BCUT2D eigenvalue weighted by Gasteiger charge is 2.42. The zero-order valence-electron chi connectivity index (χ0n) is 11.0. The van der Waals surface area contributed by atoms with Gasteiger partial charge in [-0.05, 0) is 25.2 Å². The van der Waals surface area contributed by atoms with Crippen LogP contribution in [0.3, 0.4) is 0 Å². The minimum Gasteiger partial charge on any atom is -0.481 e. The maximum Gasteiger partial charge on any atom is 0.307 e. The molecule has 1 fully saturated rings. The summed E-state index contributed by atoms with van der Waals surface area (Å²) in [6.45, 7) is 3.92. The third-order valence-corrected chi connectivity index (χ3v) is 3.82. The molecule has 0 aromatic rings. The maximum atomic E-state index is 12.1. The number of carbonyl (C=O) groups is 2. The van der Waals surface area contributed by atoms with Crippen molar-refractivity contribution in [3.8, 4) is 12.3 Å². The summed E-state index contributed by atoms with van der Waals surface area (Å²) in [5.74, 6) is 0.742. The summed E-state index contributed by atoms with van der Waals surface area (Å²) in [6, 6.07) is -0.298. The minimum atomic E-state index is -0.875. The van der Waals surface area contributed by atoms with Gasteiger partial charge in [-0.2, -0.15) is 0 Å². The van der Waals surface area contributed by atoms with Crippen LogP contribution in [-0.4, -0.2) is 23.0 Å². The molecule has 2 N–H and O–H groups in total. The molecule has 0 saturated heterocycles. The molecule has 0 heterocycles. The number of aliphatic carboxylic acids is 1. The van der Waals surface area contributed by atoms with Crippen LogP contribution < -0.4 is 5.32 Å². The molecular formula is C14H21NO3. The lowest BCUT2D eigenvalue weighted by atomic mass is 9.95. The molecule has 0 aromatic heterocycles. The Morgan fingerprint density at radius 3 is 2.44 bits per heavy atom. The first kappa shape index (κ1) is 14.6. The SMILES string of the molecule is C#CC(CC)NC(=O)[C@H]1CC(CC)C[C@H]1C(=O)O. The summed E-state index contributed by atoms with van der Waals surface area (Å²) in [5, 5.41) is 11.9. The quantitative estimate of drug-likeness (QED) is 0.730. The molecule has 1 aliphatic rings. The zero-order valence-corrected chi connectivity index (χ0v) is 11.0. The average Bonchev–Trinajstić information content (AvgIpc) is 2.80. The number of terminal acetylenes is 1. The van der Waals surface area contributed by atoms with Crippen LogP contribution in [0.1, 0.15) is 39.5 Å². The van der Waals surface area contributed by atoms with Crippen molar-refractivity contribution in [3.63, 3.8) is 0 Å². The van der Waals surface area contributed by atoms with E-state index in [1.807, 2.05) is 13.8 Å². The van der Waals surface area contributed by atoms with Gasteiger partial charge in [0.05, 0.1) is 17.9 Å². The van der Waals surface area contributed by atoms with Gasteiger partial charge in [-0.3, -0.25) is 9.59 Å². The first-order valence-electron chi connectivity index (χ1n) is 6.52. The largest absolute Gasteiger partial charge is 0.481 e. The number of hydrogen-bond acceptors (Lipinski definition) is 2. The van der Waals surface area contributed by atoms with E-state index in [1.165, 1.54) is 0 Å². The molecule has 1 amide bonds. The van der Waals surface area contributed by atoms with Gasteiger partial charge >= 0.3 is 5.97 Å². The topological polar surface area (TPSA) is 66.4 Å². The van der Waals surface area contributed by atoms with Crippen molar-refractivity contribution in [2.45, 2.75) is 45.6 Å². The Labute approximate surface area is 108 Å². The van der Waals surface area contributed by atoms with Gasteiger partial charge in [0, 0.05) is 0 Å². The Hall–Kier alpha value is -1.50. The number of carboxylic acids is 1. The summed E-state index contributed by atoms with van der Waals surface area (Å²) >= 11 is 0. The van der Waals surface area contributed by atoms with E-state index in [-0.39, 0.29) is 11.9 Å². The second kappa shape index (κ2) is 6.44. The number of rotatable bonds is 5. The molecule has 1 saturated carbocycles. The van der Waals surface area contributed by atoms with Gasteiger partial charge in [0.25, 0.3) is 0 Å². The summed E-state index contributed by atoms with van der Waals surface area (Å²) in [5.41, 5.74) is 0. The fraction of sp³-hybridized carbons (Fsp3) is 0.714. The van der Waals surface area contributed by atoms with E-state index in [2.05, 4.69) is 11.2 Å².